The Bertz CT molecular complexity index is 597. The Balaban J connectivity index is 0.000000118. The maximum absolute atomic E-state index is 11.1. The van der Waals surface area contributed by atoms with Crippen molar-refractivity contribution >= 4 is 17.3 Å². The van der Waals surface area contributed by atoms with Crippen LogP contribution in [0.5, 0.6) is 0 Å². The third-order valence-corrected chi connectivity index (χ3v) is 7.95. The van der Waals surface area contributed by atoms with Crippen LogP contribution in [0, 0.1) is 11.8 Å². The molecule has 8 nitrogen and oxygen atoms in total. The molecule has 6 aliphatic rings. The fraction of sp³-hybridized carbons (Fsp3) is 0.880. The number of carbonyl (C=O) groups is 3. The Hall–Kier alpha value is -1.19. The van der Waals surface area contributed by atoms with Gasteiger partial charge in [-0.05, 0) is 50.6 Å². The van der Waals surface area contributed by atoms with Crippen LogP contribution in [0.1, 0.15) is 64.2 Å². The SMILES string of the molecule is O=C1CCC2CCNCC2C1.O=C1CCC2NCCOC2C1.O=C1CCC2OCCNC2C1. The molecule has 0 aromatic carbocycles. The molecule has 6 atom stereocenters. The standard InChI is InChI=1S/C9H15NO.2C8H13NO2/c11-9-2-1-7-3-4-10-6-8(7)5-9;10-6-1-2-8-7(5-6)9-3-4-11-8;10-6-1-2-7-8(5-6)11-4-3-9-7/h7-8,10H,1-6H2;2*7-9H,1-5H2. The van der Waals surface area contributed by atoms with Gasteiger partial charge < -0.3 is 25.4 Å². The molecule has 33 heavy (non-hydrogen) atoms. The molecule has 186 valence electrons. The van der Waals surface area contributed by atoms with Crippen LogP contribution >= 0.6 is 0 Å². The molecule has 6 fully saturated rings. The lowest BCUT2D eigenvalue weighted by atomic mass is 9.75. The van der Waals surface area contributed by atoms with E-state index >= 15 is 0 Å². The summed E-state index contributed by atoms with van der Waals surface area (Å²) in [7, 11) is 0. The molecule has 0 amide bonds. The van der Waals surface area contributed by atoms with Gasteiger partial charge in [0.2, 0.25) is 0 Å². The van der Waals surface area contributed by atoms with E-state index in [2.05, 4.69) is 16.0 Å². The number of piperidine rings is 1. The van der Waals surface area contributed by atoms with Crippen molar-refractivity contribution in [1.29, 1.82) is 0 Å². The molecule has 0 aromatic rings. The molecule has 0 radical (unpaired) electrons. The first-order chi connectivity index (χ1) is 16.1. The quantitative estimate of drug-likeness (QED) is 0.492. The molecule has 3 saturated carbocycles. The summed E-state index contributed by atoms with van der Waals surface area (Å²) in [5.74, 6) is 2.74. The van der Waals surface area contributed by atoms with Crippen molar-refractivity contribution in [2.45, 2.75) is 88.5 Å². The fourth-order valence-corrected chi connectivity index (χ4v) is 6.01. The van der Waals surface area contributed by atoms with E-state index < -0.39 is 0 Å². The van der Waals surface area contributed by atoms with E-state index in [4.69, 9.17) is 9.47 Å². The first kappa shape index (κ1) is 24.9. The van der Waals surface area contributed by atoms with Crippen LogP contribution in [0.25, 0.3) is 0 Å². The Morgan fingerprint density at radius 3 is 2.12 bits per heavy atom. The maximum Gasteiger partial charge on any atom is 0.135 e. The number of nitrogens with one attached hydrogen (secondary N) is 3. The van der Waals surface area contributed by atoms with E-state index in [-0.39, 0.29) is 6.10 Å². The summed E-state index contributed by atoms with van der Waals surface area (Å²) >= 11 is 0. The third-order valence-electron chi connectivity index (χ3n) is 7.95. The monoisotopic (exact) mass is 463 g/mol. The van der Waals surface area contributed by atoms with Crippen molar-refractivity contribution in [3.63, 3.8) is 0 Å². The fourth-order valence-electron chi connectivity index (χ4n) is 6.01. The lowest BCUT2D eigenvalue weighted by molar-refractivity contribution is -0.127. The van der Waals surface area contributed by atoms with Crippen molar-refractivity contribution in [2.75, 3.05) is 39.4 Å². The van der Waals surface area contributed by atoms with Crippen molar-refractivity contribution in [2.24, 2.45) is 11.8 Å². The molecule has 3 N–H and O–H groups in total. The van der Waals surface area contributed by atoms with Crippen LogP contribution in [0.3, 0.4) is 0 Å². The normalized spacial score (nSPS) is 38.4. The summed E-state index contributed by atoms with van der Waals surface area (Å²) in [6.07, 6.45) is 9.23. The molecule has 6 unspecified atom stereocenters. The summed E-state index contributed by atoms with van der Waals surface area (Å²) in [6, 6.07) is 0.756. The predicted octanol–water partition coefficient (Wildman–Crippen LogP) is 1.16. The average molecular weight is 464 g/mol. The van der Waals surface area contributed by atoms with E-state index in [0.29, 0.717) is 60.7 Å². The lowest BCUT2D eigenvalue weighted by Crippen LogP contribution is -2.51. The molecular weight excluding hydrogens is 422 g/mol. The highest BCUT2D eigenvalue weighted by Crippen LogP contribution is 2.31. The minimum Gasteiger partial charge on any atom is -0.375 e. The zero-order chi connectivity index (χ0) is 23.0. The molecule has 0 bridgehead atoms. The minimum absolute atomic E-state index is 0.171. The largest absolute Gasteiger partial charge is 0.375 e. The second-order valence-corrected chi connectivity index (χ2v) is 10.3. The van der Waals surface area contributed by atoms with Gasteiger partial charge in [0.05, 0.1) is 25.4 Å². The Kier molecular flexibility index (Phi) is 9.44. The van der Waals surface area contributed by atoms with Gasteiger partial charge >= 0.3 is 0 Å². The molecule has 8 heteroatoms. The average Bonchev–Trinajstić information content (AvgIpc) is 2.84. The molecule has 3 heterocycles. The number of morpholine rings is 2. The number of hydrogen-bond acceptors (Lipinski definition) is 8. The summed E-state index contributed by atoms with van der Waals surface area (Å²) in [4.78, 5) is 33.1. The van der Waals surface area contributed by atoms with Crippen LogP contribution in [0.15, 0.2) is 0 Å². The molecule has 3 aliphatic heterocycles. The summed E-state index contributed by atoms with van der Waals surface area (Å²) in [6.45, 7) is 5.64. The van der Waals surface area contributed by atoms with Gasteiger partial charge in [0, 0.05) is 63.7 Å². The molecule has 3 saturated heterocycles. The van der Waals surface area contributed by atoms with Crippen LogP contribution < -0.4 is 16.0 Å². The molecule has 3 aliphatic carbocycles. The smallest absolute Gasteiger partial charge is 0.135 e. The van der Waals surface area contributed by atoms with Crippen molar-refractivity contribution < 1.29 is 23.9 Å². The number of fused-ring (bicyclic) bond motifs is 3. The number of ether oxygens (including phenoxy) is 2. The second kappa shape index (κ2) is 12.5. The minimum atomic E-state index is 0.171. The lowest BCUT2D eigenvalue weighted by Gasteiger charge is -2.35. The maximum atomic E-state index is 11.1. The molecule has 0 spiro atoms. The van der Waals surface area contributed by atoms with E-state index in [1.807, 2.05) is 0 Å². The van der Waals surface area contributed by atoms with Crippen LogP contribution in [-0.2, 0) is 23.9 Å². The Morgan fingerprint density at radius 1 is 0.606 bits per heavy atom. The highest BCUT2D eigenvalue weighted by molar-refractivity contribution is 5.80. The second-order valence-electron chi connectivity index (χ2n) is 10.3. The molecule has 6 rings (SSSR count). The topological polar surface area (TPSA) is 106 Å². The van der Waals surface area contributed by atoms with E-state index in [9.17, 15) is 14.4 Å². The molecule has 0 aromatic heterocycles. The van der Waals surface area contributed by atoms with Gasteiger partial charge in [-0.2, -0.15) is 0 Å². The van der Waals surface area contributed by atoms with Gasteiger partial charge in [0.1, 0.15) is 17.3 Å². The number of hydrogen-bond donors (Lipinski definition) is 3. The van der Waals surface area contributed by atoms with E-state index in [0.717, 1.165) is 83.8 Å². The molecular formula is C25H41N3O5. The zero-order valence-corrected chi connectivity index (χ0v) is 19.8. The van der Waals surface area contributed by atoms with E-state index in [1.54, 1.807) is 0 Å². The van der Waals surface area contributed by atoms with Crippen molar-refractivity contribution in [3.05, 3.63) is 0 Å². The van der Waals surface area contributed by atoms with Gasteiger partial charge in [-0.3, -0.25) is 14.4 Å². The summed E-state index contributed by atoms with van der Waals surface area (Å²) in [5, 5.41) is 10.0. The number of rotatable bonds is 0. The number of carbonyl (C=O) groups excluding carboxylic acids is 3. The van der Waals surface area contributed by atoms with Crippen LogP contribution in [-0.4, -0.2) is 81.0 Å². The van der Waals surface area contributed by atoms with Crippen LogP contribution in [0.4, 0.5) is 0 Å². The first-order valence-corrected chi connectivity index (χ1v) is 13.0. The predicted molar refractivity (Wildman–Crippen MR) is 124 cm³/mol. The highest BCUT2D eigenvalue weighted by atomic mass is 16.5. The first-order valence-electron chi connectivity index (χ1n) is 13.0. The number of ketones is 3. The van der Waals surface area contributed by atoms with Crippen molar-refractivity contribution in [1.82, 2.24) is 16.0 Å². The third kappa shape index (κ3) is 7.39. The van der Waals surface area contributed by atoms with Gasteiger partial charge in [0.15, 0.2) is 0 Å². The zero-order valence-electron chi connectivity index (χ0n) is 19.8. The summed E-state index contributed by atoms with van der Waals surface area (Å²) in [5.41, 5.74) is 0. The number of Topliss-reactive ketones (excluding diaryl/α,β-unsaturated/α-hetero) is 3. The summed E-state index contributed by atoms with van der Waals surface area (Å²) < 4.78 is 11.0. The van der Waals surface area contributed by atoms with Gasteiger partial charge in [0.25, 0.3) is 0 Å². The van der Waals surface area contributed by atoms with Gasteiger partial charge in [-0.15, -0.1) is 0 Å². The Morgan fingerprint density at radius 2 is 1.27 bits per heavy atom. The highest BCUT2D eigenvalue weighted by Gasteiger charge is 2.33. The van der Waals surface area contributed by atoms with Gasteiger partial charge in [-0.25, -0.2) is 0 Å². The Labute approximate surface area is 197 Å². The van der Waals surface area contributed by atoms with Crippen LogP contribution in [0.2, 0.25) is 0 Å². The van der Waals surface area contributed by atoms with Gasteiger partial charge in [-0.1, -0.05) is 0 Å². The van der Waals surface area contributed by atoms with Crippen molar-refractivity contribution in [3.8, 4) is 0 Å². The van der Waals surface area contributed by atoms with E-state index in [1.165, 1.54) is 6.42 Å².